The van der Waals surface area contributed by atoms with Crippen molar-refractivity contribution in [3.05, 3.63) is 78.1 Å². The minimum atomic E-state index is -3.65. The van der Waals surface area contributed by atoms with Gasteiger partial charge in [0.2, 0.25) is 15.9 Å². The number of amides is 2. The maximum absolute atomic E-state index is 12.8. The summed E-state index contributed by atoms with van der Waals surface area (Å²) in [4.78, 5) is 37.0. The van der Waals surface area contributed by atoms with E-state index in [9.17, 15) is 31.6 Å². The van der Waals surface area contributed by atoms with Crippen molar-refractivity contribution in [3.63, 3.8) is 0 Å². The average Bonchev–Trinajstić information content (AvgIpc) is 3.44. The van der Waals surface area contributed by atoms with Crippen LogP contribution < -0.4 is 21.5 Å². The SMILES string of the molecule is CN(C)C(=O)Nc1ccc(-n2nc(C(C)(C)C)oc2=O)c(Cl)c1.Cc1nn(-c2cc(NS(C)(=O)=O)c(Cl)cc2Cl)c(=O)n1C(F)F. The maximum Gasteiger partial charge on any atom is 0.442 e. The van der Waals surface area contributed by atoms with Gasteiger partial charge in [-0.3, -0.25) is 4.72 Å². The third kappa shape index (κ3) is 8.65. The smallest absolute Gasteiger partial charge is 0.391 e. The Bertz CT molecular complexity index is 2000. The van der Waals surface area contributed by atoms with Crippen LogP contribution in [0.5, 0.6) is 0 Å². The van der Waals surface area contributed by atoms with Crippen LogP contribution in [0.4, 0.5) is 25.0 Å². The molecule has 2 heterocycles. The molecule has 0 saturated carbocycles. The third-order valence-electron chi connectivity index (χ3n) is 5.76. The zero-order valence-electron chi connectivity index (χ0n) is 25.4. The van der Waals surface area contributed by atoms with Gasteiger partial charge in [0.05, 0.1) is 38.4 Å². The first-order chi connectivity index (χ1) is 21.1. The number of halogens is 5. The molecule has 250 valence electrons. The molecule has 2 aromatic carbocycles. The summed E-state index contributed by atoms with van der Waals surface area (Å²) >= 11 is 18.1. The van der Waals surface area contributed by atoms with E-state index in [1.165, 1.54) is 17.9 Å². The largest absolute Gasteiger partial charge is 0.442 e. The lowest BCUT2D eigenvalue weighted by molar-refractivity contribution is 0.0640. The quantitative estimate of drug-likeness (QED) is 0.271. The summed E-state index contributed by atoms with van der Waals surface area (Å²) < 4.78 is 57.6. The number of alkyl halides is 2. The molecule has 0 aliphatic carbocycles. The standard InChI is InChI=1S/C15H19ClN4O3.C11H10Cl2F2N4O3S/c1-15(2,3)12-18-20(14(22)23-12)11-7-6-9(8-10(11)16)17-13(21)19(4)5;1-5-16-19(11(20)18(5)10(14)15)9-4-8(17-23(2,21)22)6(12)3-7(9)13/h6-8H,1-5H3,(H,17,21);3-4,10,17H,1-2H3. The van der Waals surface area contributed by atoms with E-state index in [1.54, 1.807) is 32.3 Å². The van der Waals surface area contributed by atoms with Gasteiger partial charge in [0.15, 0.2) is 0 Å². The first-order valence-corrected chi connectivity index (χ1v) is 16.0. The molecule has 0 fully saturated rings. The van der Waals surface area contributed by atoms with Gasteiger partial charge in [-0.25, -0.2) is 27.4 Å². The predicted octanol–water partition coefficient (Wildman–Crippen LogP) is 5.29. The van der Waals surface area contributed by atoms with Crippen molar-refractivity contribution in [2.24, 2.45) is 0 Å². The van der Waals surface area contributed by atoms with E-state index in [0.717, 1.165) is 17.0 Å². The summed E-state index contributed by atoms with van der Waals surface area (Å²) in [6.07, 6.45) is 0.902. The summed E-state index contributed by atoms with van der Waals surface area (Å²) in [6, 6.07) is 6.83. The summed E-state index contributed by atoms with van der Waals surface area (Å²) in [5, 5.41) is 10.8. The average molecular weight is 726 g/mol. The highest BCUT2D eigenvalue weighted by Crippen LogP contribution is 2.31. The van der Waals surface area contributed by atoms with Gasteiger partial charge >= 0.3 is 24.0 Å². The summed E-state index contributed by atoms with van der Waals surface area (Å²) in [6.45, 7) is 3.83. The molecule has 0 aliphatic rings. The van der Waals surface area contributed by atoms with Crippen molar-refractivity contribution >= 4 is 62.2 Å². The lowest BCUT2D eigenvalue weighted by Gasteiger charge is -2.13. The highest BCUT2D eigenvalue weighted by atomic mass is 35.5. The second kappa shape index (κ2) is 13.8. The number of nitrogens with zero attached hydrogens (tertiary/aromatic N) is 6. The highest BCUT2D eigenvalue weighted by molar-refractivity contribution is 7.92. The summed E-state index contributed by atoms with van der Waals surface area (Å²) in [5.41, 5.74) is -0.758. The maximum atomic E-state index is 12.8. The lowest BCUT2D eigenvalue weighted by Crippen LogP contribution is -2.27. The molecular formula is C26H29Cl3F2N8O6S. The number of anilines is 2. The molecule has 0 atom stereocenters. The second-order valence-corrected chi connectivity index (χ2v) is 13.8. The number of carbonyl (C=O) groups excluding carboxylic acids is 1. The molecular weight excluding hydrogens is 697 g/mol. The minimum Gasteiger partial charge on any atom is -0.391 e. The summed E-state index contributed by atoms with van der Waals surface area (Å²) in [5.74, 6) is -0.515. The Balaban J connectivity index is 0.000000250. The van der Waals surface area contributed by atoms with Crippen LogP contribution in [0.3, 0.4) is 0 Å². The molecule has 0 bridgehead atoms. The zero-order valence-corrected chi connectivity index (χ0v) is 28.5. The third-order valence-corrected chi connectivity index (χ3v) is 7.27. The number of nitrogens with one attached hydrogen (secondary N) is 2. The van der Waals surface area contributed by atoms with E-state index in [-0.39, 0.29) is 42.9 Å². The van der Waals surface area contributed by atoms with Crippen LogP contribution >= 0.6 is 34.8 Å². The molecule has 0 spiro atoms. The Hall–Kier alpha value is -3.93. The first kappa shape index (κ1) is 36.5. The van der Waals surface area contributed by atoms with Gasteiger partial charge in [-0.15, -0.1) is 10.2 Å². The highest BCUT2D eigenvalue weighted by Gasteiger charge is 2.24. The molecule has 14 nitrogen and oxygen atoms in total. The number of aromatic nitrogens is 5. The fourth-order valence-corrected chi connectivity index (χ4v) is 4.96. The monoisotopic (exact) mass is 724 g/mol. The van der Waals surface area contributed by atoms with Gasteiger partial charge in [-0.05, 0) is 37.3 Å². The number of aryl methyl sites for hydroxylation is 1. The van der Waals surface area contributed by atoms with Crippen LogP contribution in [0.15, 0.2) is 44.3 Å². The van der Waals surface area contributed by atoms with E-state index in [4.69, 9.17) is 39.2 Å². The van der Waals surface area contributed by atoms with E-state index in [0.29, 0.717) is 21.9 Å². The molecule has 0 radical (unpaired) electrons. The van der Waals surface area contributed by atoms with Crippen molar-refractivity contribution in [2.75, 3.05) is 30.4 Å². The predicted molar refractivity (Wildman–Crippen MR) is 171 cm³/mol. The fourth-order valence-electron chi connectivity index (χ4n) is 3.56. The molecule has 20 heteroatoms. The van der Waals surface area contributed by atoms with Gasteiger partial charge in [0.25, 0.3) is 0 Å². The topological polar surface area (TPSA) is 166 Å². The fraction of sp³-hybridized carbons (Fsp3) is 0.346. The number of urea groups is 1. The van der Waals surface area contributed by atoms with Crippen molar-refractivity contribution in [1.82, 2.24) is 29.0 Å². The van der Waals surface area contributed by atoms with E-state index < -0.39 is 33.4 Å². The van der Waals surface area contributed by atoms with Crippen LogP contribution in [-0.2, 0) is 15.4 Å². The van der Waals surface area contributed by atoms with Crippen molar-refractivity contribution < 1.29 is 26.4 Å². The van der Waals surface area contributed by atoms with E-state index >= 15 is 0 Å². The number of rotatable bonds is 6. The van der Waals surface area contributed by atoms with Crippen LogP contribution in [-0.4, -0.2) is 63.8 Å². The molecule has 2 amide bonds. The number of sulfonamides is 1. The van der Waals surface area contributed by atoms with Crippen LogP contribution in [0.1, 0.15) is 39.0 Å². The molecule has 2 N–H and O–H groups in total. The van der Waals surface area contributed by atoms with Crippen LogP contribution in [0.2, 0.25) is 15.1 Å². The van der Waals surface area contributed by atoms with Crippen LogP contribution in [0.25, 0.3) is 11.4 Å². The molecule has 4 aromatic rings. The Morgan fingerprint density at radius 3 is 2.07 bits per heavy atom. The second-order valence-electron chi connectivity index (χ2n) is 10.9. The van der Waals surface area contributed by atoms with Crippen molar-refractivity contribution in [3.8, 4) is 11.4 Å². The van der Waals surface area contributed by atoms with E-state index in [1.807, 2.05) is 20.8 Å². The van der Waals surface area contributed by atoms with Gasteiger partial charge < -0.3 is 14.6 Å². The molecule has 0 unspecified atom stereocenters. The van der Waals surface area contributed by atoms with Gasteiger partial charge in [-0.2, -0.15) is 18.1 Å². The Kier molecular flexibility index (Phi) is 11.0. The van der Waals surface area contributed by atoms with Gasteiger partial charge in [-0.1, -0.05) is 55.6 Å². The number of carbonyl (C=O) groups is 1. The van der Waals surface area contributed by atoms with Gasteiger partial charge in [0.1, 0.15) is 5.82 Å². The number of hydrogen-bond acceptors (Lipinski definition) is 8. The lowest BCUT2D eigenvalue weighted by atomic mass is 9.97. The molecule has 46 heavy (non-hydrogen) atoms. The summed E-state index contributed by atoms with van der Waals surface area (Å²) in [7, 11) is -0.382. The Morgan fingerprint density at radius 1 is 0.978 bits per heavy atom. The van der Waals surface area contributed by atoms with Crippen molar-refractivity contribution in [2.45, 2.75) is 39.7 Å². The molecule has 0 saturated heterocycles. The molecule has 2 aromatic heterocycles. The van der Waals surface area contributed by atoms with Gasteiger partial charge in [0, 0.05) is 25.2 Å². The number of benzene rings is 2. The molecule has 0 aliphatic heterocycles. The van der Waals surface area contributed by atoms with Crippen molar-refractivity contribution in [1.29, 1.82) is 0 Å². The Morgan fingerprint density at radius 2 is 1.59 bits per heavy atom. The van der Waals surface area contributed by atoms with Crippen LogP contribution in [0, 0.1) is 6.92 Å². The van der Waals surface area contributed by atoms with E-state index in [2.05, 4.69) is 20.2 Å². The minimum absolute atomic E-state index is 0.0257. The Labute approximate surface area is 276 Å². The molecule has 4 rings (SSSR count). The normalized spacial score (nSPS) is 11.7. The first-order valence-electron chi connectivity index (χ1n) is 12.9. The number of hydrogen-bond donors (Lipinski definition) is 2. The zero-order chi connectivity index (χ0) is 34.9.